The molecule has 1 unspecified atom stereocenters. The Bertz CT molecular complexity index is 1450. The number of amides is 1. The van der Waals surface area contributed by atoms with Crippen LogP contribution in [0.25, 0.3) is 10.9 Å². The first-order chi connectivity index (χ1) is 17.4. The summed E-state index contributed by atoms with van der Waals surface area (Å²) in [6.45, 7) is 0. The number of rotatable bonds is 9. The lowest BCUT2D eigenvalue weighted by molar-refractivity contribution is -0.160. The molecular weight excluding hydrogens is 512 g/mol. The summed E-state index contributed by atoms with van der Waals surface area (Å²) in [6, 6.07) is 11.2. The van der Waals surface area contributed by atoms with E-state index < -0.39 is 62.4 Å². The third-order valence-electron chi connectivity index (χ3n) is 5.99. The third-order valence-corrected chi connectivity index (χ3v) is 7.56. The molecular formula is C25H22F4N4O3S. The summed E-state index contributed by atoms with van der Waals surface area (Å²) in [5.74, 6) is -3.40. The van der Waals surface area contributed by atoms with Gasteiger partial charge in [-0.3, -0.25) is 15.1 Å². The van der Waals surface area contributed by atoms with Gasteiger partial charge in [-0.25, -0.2) is 12.8 Å². The number of benzene rings is 2. The average molecular weight is 535 g/mol. The van der Waals surface area contributed by atoms with Crippen LogP contribution in [0.4, 0.5) is 17.6 Å². The maximum absolute atomic E-state index is 14.0. The number of pyridine rings is 1. The van der Waals surface area contributed by atoms with Gasteiger partial charge in [0.1, 0.15) is 23.4 Å². The molecule has 7 nitrogen and oxygen atoms in total. The number of carbonyl (C=O) groups excluding carboxylic acids is 1. The Hall–Kier alpha value is -3.56. The number of alkyl halides is 3. The summed E-state index contributed by atoms with van der Waals surface area (Å²) >= 11 is 0. The summed E-state index contributed by atoms with van der Waals surface area (Å²) in [4.78, 5) is 17.3. The minimum Gasteiger partial charge on any atom is -0.336 e. The van der Waals surface area contributed by atoms with Crippen molar-refractivity contribution in [2.45, 2.75) is 42.4 Å². The maximum atomic E-state index is 14.0. The second kappa shape index (κ2) is 10.1. The molecule has 0 radical (unpaired) electrons. The standard InChI is InChI=1S/C25H22F4N4O3S/c26-18-8-5-17(6-9-18)22(25(27,28)29)32-21(23(34)33-24(15-30)11-12-24)14-37(35,36)13-19-10-7-16-3-1-2-4-20(16)31-19/h1-10,21-22,32H,11-14H2,(H,33,34)/t21?,22-/m1/s1. The van der Waals surface area contributed by atoms with Crippen molar-refractivity contribution in [3.63, 3.8) is 0 Å². The van der Waals surface area contributed by atoms with Crippen molar-refractivity contribution in [1.29, 1.82) is 5.26 Å². The van der Waals surface area contributed by atoms with Crippen LogP contribution in [-0.2, 0) is 20.4 Å². The first kappa shape index (κ1) is 26.5. The van der Waals surface area contributed by atoms with E-state index in [0.29, 0.717) is 18.4 Å². The quantitative estimate of drug-likeness (QED) is 0.405. The van der Waals surface area contributed by atoms with Crippen molar-refractivity contribution in [3.8, 4) is 6.07 Å². The zero-order valence-corrected chi connectivity index (χ0v) is 20.1. The van der Waals surface area contributed by atoms with Gasteiger partial charge >= 0.3 is 6.18 Å². The second-order valence-electron chi connectivity index (χ2n) is 8.98. The van der Waals surface area contributed by atoms with Crippen LogP contribution in [0.2, 0.25) is 0 Å². The summed E-state index contributed by atoms with van der Waals surface area (Å²) in [7, 11) is -4.17. The van der Waals surface area contributed by atoms with Gasteiger partial charge in [0.05, 0.1) is 28.8 Å². The molecule has 12 heteroatoms. The fourth-order valence-corrected chi connectivity index (χ4v) is 5.36. The van der Waals surface area contributed by atoms with E-state index in [1.165, 1.54) is 6.07 Å². The van der Waals surface area contributed by atoms with Crippen molar-refractivity contribution in [2.24, 2.45) is 0 Å². The van der Waals surface area contributed by atoms with Gasteiger partial charge in [0, 0.05) is 5.39 Å². The highest BCUT2D eigenvalue weighted by Gasteiger charge is 2.48. The van der Waals surface area contributed by atoms with Gasteiger partial charge in [-0.15, -0.1) is 0 Å². The smallest absolute Gasteiger partial charge is 0.336 e. The number of para-hydroxylation sites is 1. The van der Waals surface area contributed by atoms with Gasteiger partial charge in [-0.05, 0) is 42.7 Å². The largest absolute Gasteiger partial charge is 0.407 e. The zero-order valence-electron chi connectivity index (χ0n) is 19.3. The minimum atomic E-state index is -4.94. The highest BCUT2D eigenvalue weighted by atomic mass is 32.2. The Morgan fingerprint density at radius 1 is 1.08 bits per heavy atom. The SMILES string of the molecule is N#CC1(NC(=O)C(CS(=O)(=O)Cc2ccc3ccccc3n2)N[C@H](c2ccc(F)cc2)C(F)(F)F)CC1. The lowest BCUT2D eigenvalue weighted by Crippen LogP contribution is -2.54. The molecule has 37 heavy (non-hydrogen) atoms. The first-order valence-corrected chi connectivity index (χ1v) is 13.1. The van der Waals surface area contributed by atoms with Crippen molar-refractivity contribution in [1.82, 2.24) is 15.6 Å². The molecule has 1 aliphatic rings. The normalized spacial score (nSPS) is 16.5. The number of nitriles is 1. The monoisotopic (exact) mass is 534 g/mol. The van der Waals surface area contributed by atoms with Gasteiger partial charge in [0.2, 0.25) is 5.91 Å². The number of hydrogen-bond donors (Lipinski definition) is 2. The van der Waals surface area contributed by atoms with Crippen molar-refractivity contribution < 1.29 is 30.8 Å². The van der Waals surface area contributed by atoms with Crippen LogP contribution in [-0.4, -0.2) is 42.8 Å². The van der Waals surface area contributed by atoms with E-state index in [1.807, 2.05) is 6.07 Å². The molecule has 1 aliphatic carbocycles. The lowest BCUT2D eigenvalue weighted by atomic mass is 10.0. The third kappa shape index (κ3) is 6.61. The Balaban J connectivity index is 1.61. The molecule has 1 aromatic heterocycles. The highest BCUT2D eigenvalue weighted by molar-refractivity contribution is 7.90. The van der Waals surface area contributed by atoms with E-state index in [2.05, 4.69) is 15.6 Å². The molecule has 2 aromatic carbocycles. The van der Waals surface area contributed by atoms with Crippen LogP contribution < -0.4 is 10.6 Å². The lowest BCUT2D eigenvalue weighted by Gasteiger charge is -2.28. The number of aromatic nitrogens is 1. The fourth-order valence-electron chi connectivity index (χ4n) is 3.88. The van der Waals surface area contributed by atoms with E-state index in [9.17, 15) is 36.0 Å². The second-order valence-corrected chi connectivity index (χ2v) is 11.1. The molecule has 1 amide bonds. The van der Waals surface area contributed by atoms with E-state index in [-0.39, 0.29) is 5.69 Å². The minimum absolute atomic E-state index is 0.166. The first-order valence-electron chi connectivity index (χ1n) is 11.3. The van der Waals surface area contributed by atoms with Crippen LogP contribution in [0, 0.1) is 17.1 Å². The molecule has 194 valence electrons. The number of nitrogens with one attached hydrogen (secondary N) is 2. The molecule has 0 spiro atoms. The Morgan fingerprint density at radius 3 is 2.38 bits per heavy atom. The summed E-state index contributed by atoms with van der Waals surface area (Å²) in [5, 5.41) is 14.6. The molecule has 3 aromatic rings. The Labute approximate surface area is 210 Å². The molecule has 0 saturated heterocycles. The molecule has 4 rings (SSSR count). The van der Waals surface area contributed by atoms with Crippen LogP contribution in [0.15, 0.2) is 60.7 Å². The predicted octanol–water partition coefficient (Wildman–Crippen LogP) is 3.72. The molecule has 2 atom stereocenters. The van der Waals surface area contributed by atoms with Crippen molar-refractivity contribution in [3.05, 3.63) is 77.7 Å². The van der Waals surface area contributed by atoms with Crippen LogP contribution in [0.1, 0.15) is 30.1 Å². The topological polar surface area (TPSA) is 112 Å². The fraction of sp³-hybridized carbons (Fsp3) is 0.320. The van der Waals surface area contributed by atoms with E-state index in [4.69, 9.17) is 0 Å². The van der Waals surface area contributed by atoms with Gasteiger partial charge in [-0.1, -0.05) is 36.4 Å². The van der Waals surface area contributed by atoms with E-state index in [0.717, 1.165) is 29.7 Å². The molecule has 1 heterocycles. The van der Waals surface area contributed by atoms with Crippen LogP contribution in [0.5, 0.6) is 0 Å². The zero-order chi connectivity index (χ0) is 26.8. The summed E-state index contributed by atoms with van der Waals surface area (Å²) in [5.41, 5.74) is -0.925. The molecule has 2 N–H and O–H groups in total. The van der Waals surface area contributed by atoms with Gasteiger partial charge in [0.15, 0.2) is 9.84 Å². The summed E-state index contributed by atoms with van der Waals surface area (Å²) in [6.07, 6.45) is -4.33. The van der Waals surface area contributed by atoms with Gasteiger partial charge in [0.25, 0.3) is 0 Å². The van der Waals surface area contributed by atoms with E-state index >= 15 is 0 Å². The number of sulfone groups is 1. The number of fused-ring (bicyclic) bond motifs is 1. The predicted molar refractivity (Wildman–Crippen MR) is 127 cm³/mol. The highest BCUT2D eigenvalue weighted by Crippen LogP contribution is 2.36. The molecule has 0 aliphatic heterocycles. The van der Waals surface area contributed by atoms with Crippen LogP contribution in [0.3, 0.4) is 0 Å². The Morgan fingerprint density at radius 2 is 1.76 bits per heavy atom. The van der Waals surface area contributed by atoms with Gasteiger partial charge in [-0.2, -0.15) is 18.4 Å². The molecule has 0 bridgehead atoms. The van der Waals surface area contributed by atoms with E-state index in [1.54, 1.807) is 30.3 Å². The average Bonchev–Trinajstić information content (AvgIpc) is 3.61. The van der Waals surface area contributed by atoms with Gasteiger partial charge < -0.3 is 5.32 Å². The maximum Gasteiger partial charge on any atom is 0.407 e. The molecule has 1 fully saturated rings. The number of carbonyl (C=O) groups is 1. The number of hydrogen-bond acceptors (Lipinski definition) is 6. The number of halogens is 4. The van der Waals surface area contributed by atoms with Crippen LogP contribution >= 0.6 is 0 Å². The number of nitrogens with zero attached hydrogens (tertiary/aromatic N) is 2. The Kier molecular flexibility index (Phi) is 7.21. The van der Waals surface area contributed by atoms with Crippen molar-refractivity contribution >= 4 is 26.6 Å². The van der Waals surface area contributed by atoms with Crippen molar-refractivity contribution in [2.75, 3.05) is 5.75 Å². The summed E-state index contributed by atoms with van der Waals surface area (Å²) < 4.78 is 81.4. The molecule has 1 saturated carbocycles.